The number of nitrogens with one attached hydrogen (secondary N) is 1. The second-order valence-electron chi connectivity index (χ2n) is 6.71. The van der Waals surface area contributed by atoms with Crippen LogP contribution >= 0.6 is 0 Å². The molecule has 0 saturated carbocycles. The molecule has 2 aromatic carbocycles. The normalized spacial score (nSPS) is 11.1. The molecule has 0 atom stereocenters. The lowest BCUT2D eigenvalue weighted by molar-refractivity contribution is -0.127. The number of amides is 2. The van der Waals surface area contributed by atoms with Crippen LogP contribution in [0.3, 0.4) is 0 Å². The smallest absolute Gasteiger partial charge is 0.251 e. The molecule has 0 aromatic heterocycles. The largest absolute Gasteiger partial charge is 0.355 e. The van der Waals surface area contributed by atoms with Crippen molar-refractivity contribution < 1.29 is 18.0 Å². The number of aryl methyl sites for hydroxylation is 1. The molecular formula is C21H26N2O4S. The highest BCUT2D eigenvalue weighted by atomic mass is 32.2. The lowest BCUT2D eigenvalue weighted by Crippen LogP contribution is -2.33. The predicted octanol–water partition coefficient (Wildman–Crippen LogP) is 2.05. The first-order valence-electron chi connectivity index (χ1n) is 9.10. The number of sulfone groups is 1. The van der Waals surface area contributed by atoms with Gasteiger partial charge in [-0.25, -0.2) is 8.42 Å². The van der Waals surface area contributed by atoms with Crippen molar-refractivity contribution in [3.63, 3.8) is 0 Å². The van der Waals surface area contributed by atoms with Crippen molar-refractivity contribution in [2.24, 2.45) is 0 Å². The van der Waals surface area contributed by atoms with E-state index in [-0.39, 0.29) is 18.2 Å². The molecule has 0 unspecified atom stereocenters. The summed E-state index contributed by atoms with van der Waals surface area (Å²) in [6.45, 7) is 0.284. The minimum absolute atomic E-state index is 0.0116. The Morgan fingerprint density at radius 2 is 1.61 bits per heavy atom. The number of hydrogen-bond donors (Lipinski definition) is 1. The predicted molar refractivity (Wildman–Crippen MR) is 110 cm³/mol. The van der Waals surface area contributed by atoms with Gasteiger partial charge in [-0.3, -0.25) is 9.59 Å². The molecule has 6 nitrogen and oxygen atoms in total. The van der Waals surface area contributed by atoms with E-state index in [2.05, 4.69) is 5.32 Å². The van der Waals surface area contributed by atoms with Gasteiger partial charge >= 0.3 is 0 Å². The summed E-state index contributed by atoms with van der Waals surface area (Å²) in [4.78, 5) is 25.2. The summed E-state index contributed by atoms with van der Waals surface area (Å²) in [6, 6.07) is 16.5. The molecule has 7 heteroatoms. The van der Waals surface area contributed by atoms with E-state index in [1.807, 2.05) is 30.3 Å². The third-order valence-corrected chi connectivity index (χ3v) is 5.99. The van der Waals surface area contributed by atoms with Crippen LogP contribution in [0.5, 0.6) is 0 Å². The third kappa shape index (κ3) is 6.81. The molecule has 0 spiro atoms. The maximum atomic E-state index is 12.3. The maximum absolute atomic E-state index is 12.3. The summed E-state index contributed by atoms with van der Waals surface area (Å²) >= 11 is 0. The van der Waals surface area contributed by atoms with Gasteiger partial charge in [0.05, 0.1) is 5.75 Å². The lowest BCUT2D eigenvalue weighted by atomic mass is 10.1. The van der Waals surface area contributed by atoms with Gasteiger partial charge < -0.3 is 10.2 Å². The molecule has 0 fully saturated rings. The number of carbonyl (C=O) groups is 2. The molecule has 0 saturated heterocycles. The maximum Gasteiger partial charge on any atom is 0.251 e. The standard InChI is InChI=1S/C21H26N2O4S/c1-22-21(25)19-12-10-18(11-13-19)15-23(2)20(24)16-28(26,27)14-6-9-17-7-4-3-5-8-17/h3-5,7-8,10-13H,6,9,14-16H2,1-2H3,(H,22,25). The van der Waals surface area contributed by atoms with E-state index in [0.717, 1.165) is 11.1 Å². The summed E-state index contributed by atoms with van der Waals surface area (Å²) in [7, 11) is -0.317. The minimum atomic E-state index is -3.45. The topological polar surface area (TPSA) is 83.6 Å². The number of carbonyl (C=O) groups excluding carboxylic acids is 2. The van der Waals surface area contributed by atoms with Crippen LogP contribution in [-0.4, -0.2) is 50.7 Å². The van der Waals surface area contributed by atoms with Crippen LogP contribution in [0.1, 0.15) is 27.9 Å². The summed E-state index contributed by atoms with van der Waals surface area (Å²) in [5, 5.41) is 2.54. The van der Waals surface area contributed by atoms with Crippen molar-refractivity contribution in [2.45, 2.75) is 19.4 Å². The van der Waals surface area contributed by atoms with Crippen LogP contribution < -0.4 is 5.32 Å². The molecule has 0 bridgehead atoms. The highest BCUT2D eigenvalue weighted by Crippen LogP contribution is 2.09. The van der Waals surface area contributed by atoms with E-state index < -0.39 is 21.5 Å². The van der Waals surface area contributed by atoms with Crippen LogP contribution in [-0.2, 0) is 27.6 Å². The van der Waals surface area contributed by atoms with Crippen molar-refractivity contribution in [1.29, 1.82) is 0 Å². The van der Waals surface area contributed by atoms with Crippen LogP contribution in [0.25, 0.3) is 0 Å². The first-order valence-corrected chi connectivity index (χ1v) is 10.9. The fourth-order valence-electron chi connectivity index (χ4n) is 2.78. The summed E-state index contributed by atoms with van der Waals surface area (Å²) < 4.78 is 24.5. The van der Waals surface area contributed by atoms with Crippen LogP contribution in [0.2, 0.25) is 0 Å². The molecule has 0 aliphatic rings. The van der Waals surface area contributed by atoms with Gasteiger partial charge in [0, 0.05) is 26.2 Å². The number of benzene rings is 2. The Hall–Kier alpha value is -2.67. The second-order valence-corrected chi connectivity index (χ2v) is 8.89. The Morgan fingerprint density at radius 1 is 0.964 bits per heavy atom. The molecule has 28 heavy (non-hydrogen) atoms. The van der Waals surface area contributed by atoms with Crippen molar-refractivity contribution >= 4 is 21.7 Å². The molecule has 1 N–H and O–H groups in total. The average Bonchev–Trinajstić information content (AvgIpc) is 2.68. The van der Waals surface area contributed by atoms with Crippen molar-refractivity contribution in [2.75, 3.05) is 25.6 Å². The summed E-state index contributed by atoms with van der Waals surface area (Å²) in [6.07, 6.45) is 1.16. The van der Waals surface area contributed by atoms with Crippen molar-refractivity contribution in [3.05, 3.63) is 71.3 Å². The van der Waals surface area contributed by atoms with Gasteiger partial charge in [-0.2, -0.15) is 0 Å². The Bertz CT molecular complexity index is 894. The molecule has 0 aliphatic heterocycles. The van der Waals surface area contributed by atoms with E-state index in [9.17, 15) is 18.0 Å². The lowest BCUT2D eigenvalue weighted by Gasteiger charge is -2.17. The highest BCUT2D eigenvalue weighted by molar-refractivity contribution is 7.92. The molecule has 0 heterocycles. The van der Waals surface area contributed by atoms with Gasteiger partial charge in [0.2, 0.25) is 5.91 Å². The zero-order valence-electron chi connectivity index (χ0n) is 16.2. The number of rotatable bonds is 9. The Labute approximate surface area is 166 Å². The van der Waals surface area contributed by atoms with Crippen molar-refractivity contribution in [1.82, 2.24) is 10.2 Å². The van der Waals surface area contributed by atoms with E-state index in [1.165, 1.54) is 4.90 Å². The molecular weight excluding hydrogens is 376 g/mol. The molecule has 2 aromatic rings. The fraction of sp³-hybridized carbons (Fsp3) is 0.333. The Balaban J connectivity index is 1.84. The van der Waals surface area contributed by atoms with Crippen LogP contribution in [0.15, 0.2) is 54.6 Å². The molecule has 0 radical (unpaired) electrons. The van der Waals surface area contributed by atoms with Crippen LogP contribution in [0, 0.1) is 0 Å². The average molecular weight is 403 g/mol. The zero-order chi connectivity index (χ0) is 20.6. The number of nitrogens with zero attached hydrogens (tertiary/aromatic N) is 1. The monoisotopic (exact) mass is 402 g/mol. The third-order valence-electron chi connectivity index (χ3n) is 4.40. The van der Waals surface area contributed by atoms with Gasteiger partial charge in [-0.15, -0.1) is 0 Å². The van der Waals surface area contributed by atoms with E-state index in [4.69, 9.17) is 0 Å². The minimum Gasteiger partial charge on any atom is -0.355 e. The molecule has 2 amide bonds. The molecule has 2 rings (SSSR count). The fourth-order valence-corrected chi connectivity index (χ4v) is 4.10. The Kier molecular flexibility index (Phi) is 7.75. The molecule has 0 aliphatic carbocycles. The molecule has 150 valence electrons. The number of hydrogen-bond acceptors (Lipinski definition) is 4. The first kappa shape index (κ1) is 21.6. The summed E-state index contributed by atoms with van der Waals surface area (Å²) in [5.74, 6) is -1.12. The van der Waals surface area contributed by atoms with Gasteiger partial charge in [-0.05, 0) is 36.1 Å². The van der Waals surface area contributed by atoms with Gasteiger partial charge in [0.25, 0.3) is 5.91 Å². The van der Waals surface area contributed by atoms with Crippen LogP contribution in [0.4, 0.5) is 0 Å². The Morgan fingerprint density at radius 3 is 2.21 bits per heavy atom. The van der Waals surface area contributed by atoms with E-state index in [0.29, 0.717) is 18.4 Å². The second kappa shape index (κ2) is 10.0. The van der Waals surface area contributed by atoms with Gasteiger partial charge in [0.15, 0.2) is 9.84 Å². The van der Waals surface area contributed by atoms with Gasteiger partial charge in [-0.1, -0.05) is 42.5 Å². The quantitative estimate of drug-likeness (QED) is 0.696. The zero-order valence-corrected chi connectivity index (χ0v) is 17.0. The SMILES string of the molecule is CNC(=O)c1ccc(CN(C)C(=O)CS(=O)(=O)CCCc2ccccc2)cc1. The van der Waals surface area contributed by atoms with E-state index >= 15 is 0 Å². The van der Waals surface area contributed by atoms with Crippen molar-refractivity contribution in [3.8, 4) is 0 Å². The summed E-state index contributed by atoms with van der Waals surface area (Å²) in [5.41, 5.74) is 2.44. The van der Waals surface area contributed by atoms with Gasteiger partial charge in [0.1, 0.15) is 5.75 Å². The highest BCUT2D eigenvalue weighted by Gasteiger charge is 2.19. The first-order chi connectivity index (χ1) is 13.3. The van der Waals surface area contributed by atoms with E-state index in [1.54, 1.807) is 38.4 Å².